The Bertz CT molecular complexity index is 3530. The summed E-state index contributed by atoms with van der Waals surface area (Å²) in [6, 6.07) is 78.7. The van der Waals surface area contributed by atoms with Crippen LogP contribution in [0.5, 0.6) is 0 Å². The van der Waals surface area contributed by atoms with Crippen molar-refractivity contribution in [1.29, 1.82) is 10.5 Å². The maximum absolute atomic E-state index is 10.4. The first-order valence-electron chi connectivity index (χ1n) is 23.9. The summed E-state index contributed by atoms with van der Waals surface area (Å²) in [6.07, 6.45) is 0. The molecule has 0 aliphatic heterocycles. The van der Waals surface area contributed by atoms with Gasteiger partial charge in [0.25, 0.3) is 0 Å². The van der Waals surface area contributed by atoms with Crippen molar-refractivity contribution in [3.63, 3.8) is 0 Å². The normalized spacial score (nSPS) is 12.7. The van der Waals surface area contributed by atoms with E-state index in [0.29, 0.717) is 11.1 Å². The third kappa shape index (κ3) is 6.19. The number of nitrogens with zero attached hydrogens (tertiary/aromatic N) is 4. The van der Waals surface area contributed by atoms with Crippen molar-refractivity contribution in [2.45, 2.75) is 44.9 Å². The predicted molar refractivity (Wildman–Crippen MR) is 285 cm³/mol. The predicted octanol–water partition coefficient (Wildman–Crippen LogP) is 17.3. The zero-order valence-electron chi connectivity index (χ0n) is 39.1. The molecule has 12 rings (SSSR count). The van der Waals surface area contributed by atoms with Crippen LogP contribution in [0.3, 0.4) is 0 Å². The summed E-state index contributed by atoms with van der Waals surface area (Å²) in [6.45, 7) is 9.24. The molecule has 0 fully saturated rings. The Morgan fingerprint density at radius 2 is 0.739 bits per heavy atom. The monoisotopic (exact) mass is 884 g/mol. The molecule has 0 saturated carbocycles. The molecule has 69 heavy (non-hydrogen) atoms. The van der Waals surface area contributed by atoms with Gasteiger partial charge in [-0.05, 0) is 174 Å². The van der Waals surface area contributed by atoms with Crippen molar-refractivity contribution in [3.8, 4) is 34.4 Å². The highest BCUT2D eigenvalue weighted by atomic mass is 15.1. The molecule has 10 aromatic rings. The molecule has 328 valence electrons. The first-order valence-corrected chi connectivity index (χ1v) is 23.9. The Kier molecular flexibility index (Phi) is 9.84. The third-order valence-corrected chi connectivity index (χ3v) is 14.6. The van der Waals surface area contributed by atoms with E-state index in [1.54, 1.807) is 0 Å². The van der Waals surface area contributed by atoms with Gasteiger partial charge in [0.2, 0.25) is 0 Å². The molecule has 0 radical (unpaired) electrons. The summed E-state index contributed by atoms with van der Waals surface area (Å²) in [5, 5.41) is 25.7. The highest BCUT2D eigenvalue weighted by molar-refractivity contribution is 6.11. The summed E-state index contributed by atoms with van der Waals surface area (Å²) >= 11 is 0. The fourth-order valence-electron chi connectivity index (χ4n) is 11.8. The first kappa shape index (κ1) is 41.7. The van der Waals surface area contributed by atoms with Gasteiger partial charge >= 0.3 is 0 Å². The molecule has 0 amide bonds. The minimum Gasteiger partial charge on any atom is -0.309 e. The minimum absolute atomic E-state index is 0.209. The topological polar surface area (TPSA) is 54.1 Å². The number of hydrogen-bond donors (Lipinski definition) is 0. The van der Waals surface area contributed by atoms with Gasteiger partial charge < -0.3 is 9.80 Å². The lowest BCUT2D eigenvalue weighted by Crippen LogP contribution is -2.27. The number of rotatable bonds is 8. The zero-order chi connectivity index (χ0) is 47.0. The molecule has 0 aromatic heterocycles. The molecule has 4 heteroatoms. The van der Waals surface area contributed by atoms with Crippen molar-refractivity contribution < 1.29 is 0 Å². The van der Waals surface area contributed by atoms with E-state index in [4.69, 9.17) is 0 Å². The van der Waals surface area contributed by atoms with Gasteiger partial charge in [0.1, 0.15) is 12.1 Å². The molecule has 0 saturated heterocycles. The molecule has 2 aliphatic rings. The van der Waals surface area contributed by atoms with Crippen LogP contribution in [0.2, 0.25) is 0 Å². The quantitative estimate of drug-likeness (QED) is 0.153. The van der Waals surface area contributed by atoms with Crippen LogP contribution in [0.1, 0.15) is 84.0 Å². The Labute approximate surface area is 404 Å². The van der Waals surface area contributed by atoms with Gasteiger partial charge in [-0.2, -0.15) is 10.5 Å². The van der Waals surface area contributed by atoms with Gasteiger partial charge in [0.05, 0.1) is 27.9 Å². The Balaban J connectivity index is 1.19. The average molecular weight is 885 g/mol. The Morgan fingerprint density at radius 3 is 1.14 bits per heavy atom. The molecule has 1 spiro atoms. The highest BCUT2D eigenvalue weighted by Crippen LogP contribution is 2.66. The summed E-state index contributed by atoms with van der Waals surface area (Å²) in [5.74, 6) is 0.418. The summed E-state index contributed by atoms with van der Waals surface area (Å²) < 4.78 is 0. The first-order chi connectivity index (χ1) is 33.8. The van der Waals surface area contributed by atoms with Crippen LogP contribution in [0, 0.1) is 22.7 Å². The van der Waals surface area contributed by atoms with E-state index >= 15 is 0 Å². The second-order valence-electron chi connectivity index (χ2n) is 19.0. The molecule has 0 N–H and O–H groups in total. The van der Waals surface area contributed by atoms with Crippen LogP contribution < -0.4 is 9.80 Å². The Morgan fingerprint density at radius 1 is 0.362 bits per heavy atom. The molecule has 4 nitrogen and oxygen atoms in total. The van der Waals surface area contributed by atoms with Crippen LogP contribution in [-0.2, 0) is 5.41 Å². The number of para-hydroxylation sites is 4. The average Bonchev–Trinajstić information content (AvgIpc) is 3.86. The van der Waals surface area contributed by atoms with Crippen molar-refractivity contribution in [3.05, 3.63) is 251 Å². The standard InChI is InChI=1S/C65H48N4/c1-41(2)53-37-57-58-38-54(42(3)4)56-36-48(69(46-23-9-6-10-24-46)62-30-18-12-20-44(62)40-67)32-34-52(56)64(58)65(59-27-15-13-25-49(59)50-26-14-16-28-60(50)65)63(57)51-33-31-47(35-55(51)53)68(45-21-7-5-8-22-45)61-29-17-11-19-43(61)39-66/h5-38,41-42H,1-4H3. The summed E-state index contributed by atoms with van der Waals surface area (Å²) in [4.78, 5) is 4.46. The van der Waals surface area contributed by atoms with E-state index in [1.165, 1.54) is 77.2 Å². The van der Waals surface area contributed by atoms with Gasteiger partial charge in [-0.25, -0.2) is 0 Å². The highest BCUT2D eigenvalue weighted by Gasteiger charge is 2.53. The smallest absolute Gasteiger partial charge is 0.101 e. The third-order valence-electron chi connectivity index (χ3n) is 14.6. The molecule has 10 aromatic carbocycles. The van der Waals surface area contributed by atoms with Crippen LogP contribution in [0.15, 0.2) is 206 Å². The van der Waals surface area contributed by atoms with Crippen LogP contribution in [-0.4, -0.2) is 0 Å². The van der Waals surface area contributed by atoms with Crippen LogP contribution in [0.25, 0.3) is 43.8 Å². The second-order valence-corrected chi connectivity index (χ2v) is 19.0. The summed E-state index contributed by atoms with van der Waals surface area (Å²) in [7, 11) is 0. The maximum Gasteiger partial charge on any atom is 0.101 e. The number of hydrogen-bond acceptors (Lipinski definition) is 4. The lowest BCUT2D eigenvalue weighted by atomic mass is 9.67. The number of nitriles is 2. The minimum atomic E-state index is -0.651. The molecule has 0 atom stereocenters. The number of fused-ring (bicyclic) bond motifs is 14. The van der Waals surface area contributed by atoms with Crippen molar-refractivity contribution >= 4 is 55.7 Å². The molecular formula is C65H48N4. The second kappa shape index (κ2) is 16.3. The lowest BCUT2D eigenvalue weighted by molar-refractivity contribution is 0.806. The van der Waals surface area contributed by atoms with Crippen molar-refractivity contribution in [1.82, 2.24) is 0 Å². The van der Waals surface area contributed by atoms with Crippen LogP contribution in [0.4, 0.5) is 34.1 Å². The zero-order valence-corrected chi connectivity index (χ0v) is 39.1. The van der Waals surface area contributed by atoms with E-state index in [0.717, 1.165) is 34.1 Å². The fraction of sp³-hybridized carbons (Fsp3) is 0.108. The molecule has 0 heterocycles. The molecule has 2 aliphatic carbocycles. The van der Waals surface area contributed by atoms with E-state index in [2.05, 4.69) is 195 Å². The van der Waals surface area contributed by atoms with Crippen LogP contribution >= 0.6 is 0 Å². The molecule has 0 unspecified atom stereocenters. The maximum atomic E-state index is 10.4. The van der Waals surface area contributed by atoms with Crippen molar-refractivity contribution in [2.24, 2.45) is 0 Å². The van der Waals surface area contributed by atoms with E-state index in [1.807, 2.05) is 60.7 Å². The molecule has 0 bridgehead atoms. The van der Waals surface area contributed by atoms with Crippen molar-refractivity contribution in [2.75, 3.05) is 9.80 Å². The van der Waals surface area contributed by atoms with E-state index in [-0.39, 0.29) is 11.8 Å². The largest absolute Gasteiger partial charge is 0.309 e. The van der Waals surface area contributed by atoms with Gasteiger partial charge in [-0.15, -0.1) is 0 Å². The van der Waals surface area contributed by atoms with Gasteiger partial charge in [-0.3, -0.25) is 0 Å². The van der Waals surface area contributed by atoms with Gasteiger partial charge in [0.15, 0.2) is 0 Å². The van der Waals surface area contributed by atoms with E-state index in [9.17, 15) is 10.5 Å². The van der Waals surface area contributed by atoms with E-state index < -0.39 is 5.41 Å². The van der Waals surface area contributed by atoms with Gasteiger partial charge in [-0.1, -0.05) is 149 Å². The number of anilines is 6. The Hall–Kier alpha value is -8.70. The summed E-state index contributed by atoms with van der Waals surface area (Å²) in [5.41, 5.74) is 19.1. The number of benzene rings is 10. The SMILES string of the molecule is CC(C)c1cc2c(c3ccc(N(c4ccccc4)c4ccccc4C#N)cc13)C1(c3ccccc3-c3ccccc31)c1c-2cc(C(C)C)c2cc(N(c3ccccc3)c3ccccc3C#N)ccc12. The lowest BCUT2D eigenvalue weighted by Gasteiger charge is -2.34. The van der Waals surface area contributed by atoms with Gasteiger partial charge in [0, 0.05) is 22.7 Å². The molecular weight excluding hydrogens is 837 g/mol. The fourth-order valence-corrected chi connectivity index (χ4v) is 11.8.